The van der Waals surface area contributed by atoms with Gasteiger partial charge in [0.05, 0.1) is 12.2 Å². The van der Waals surface area contributed by atoms with E-state index in [1.807, 2.05) is 6.92 Å². The molecule has 100 valence electrons. The molecular formula is C12H24N2O3. The van der Waals surface area contributed by atoms with Crippen molar-refractivity contribution < 1.29 is 14.6 Å². The SMILES string of the molecule is CCOC(=O)N1CCC(NCC(C)(C)O)CC1. The van der Waals surface area contributed by atoms with Gasteiger partial charge in [0.15, 0.2) is 0 Å². The number of likely N-dealkylation sites (tertiary alicyclic amines) is 1. The van der Waals surface area contributed by atoms with E-state index in [2.05, 4.69) is 5.32 Å². The smallest absolute Gasteiger partial charge is 0.409 e. The molecule has 0 aromatic rings. The van der Waals surface area contributed by atoms with E-state index in [0.29, 0.717) is 19.2 Å². The molecule has 0 radical (unpaired) electrons. The van der Waals surface area contributed by atoms with Crippen LogP contribution < -0.4 is 5.32 Å². The fourth-order valence-corrected chi connectivity index (χ4v) is 1.88. The second-order valence-corrected chi connectivity index (χ2v) is 5.15. The summed E-state index contributed by atoms with van der Waals surface area (Å²) in [5, 5.41) is 12.9. The van der Waals surface area contributed by atoms with Gasteiger partial charge in [-0.2, -0.15) is 0 Å². The highest BCUT2D eigenvalue weighted by Gasteiger charge is 2.24. The number of piperidine rings is 1. The first kappa shape index (κ1) is 14.3. The van der Waals surface area contributed by atoms with Gasteiger partial charge < -0.3 is 20.1 Å². The lowest BCUT2D eigenvalue weighted by molar-refractivity contribution is 0.0679. The molecule has 0 bridgehead atoms. The van der Waals surface area contributed by atoms with E-state index in [-0.39, 0.29) is 6.09 Å². The van der Waals surface area contributed by atoms with E-state index < -0.39 is 5.60 Å². The Bertz CT molecular complexity index is 243. The molecule has 5 heteroatoms. The van der Waals surface area contributed by atoms with E-state index in [0.717, 1.165) is 25.9 Å². The lowest BCUT2D eigenvalue weighted by atomic mass is 10.0. The zero-order chi connectivity index (χ0) is 12.9. The molecule has 1 aliphatic rings. The van der Waals surface area contributed by atoms with E-state index in [1.54, 1.807) is 18.7 Å². The van der Waals surface area contributed by atoms with Crippen molar-refractivity contribution in [2.24, 2.45) is 0 Å². The minimum absolute atomic E-state index is 0.214. The minimum atomic E-state index is -0.682. The summed E-state index contributed by atoms with van der Waals surface area (Å²) >= 11 is 0. The van der Waals surface area contributed by atoms with Crippen molar-refractivity contribution in [2.75, 3.05) is 26.2 Å². The molecule has 1 saturated heterocycles. The molecule has 0 saturated carbocycles. The van der Waals surface area contributed by atoms with Gasteiger partial charge in [0.2, 0.25) is 0 Å². The Hall–Kier alpha value is -0.810. The van der Waals surface area contributed by atoms with Crippen LogP contribution >= 0.6 is 0 Å². The van der Waals surface area contributed by atoms with Crippen molar-refractivity contribution in [2.45, 2.75) is 45.3 Å². The van der Waals surface area contributed by atoms with Crippen LogP contribution in [0.1, 0.15) is 33.6 Å². The third-order valence-electron chi connectivity index (χ3n) is 2.84. The number of hydrogen-bond acceptors (Lipinski definition) is 4. The molecule has 1 heterocycles. The van der Waals surface area contributed by atoms with Gasteiger partial charge in [0.25, 0.3) is 0 Å². The third kappa shape index (κ3) is 5.37. The molecule has 0 aromatic carbocycles. The van der Waals surface area contributed by atoms with Gasteiger partial charge in [-0.3, -0.25) is 0 Å². The Kier molecular flexibility index (Phi) is 5.21. The number of nitrogens with zero attached hydrogens (tertiary/aromatic N) is 1. The van der Waals surface area contributed by atoms with Crippen LogP contribution in [0, 0.1) is 0 Å². The van der Waals surface area contributed by atoms with Crippen LogP contribution in [0.25, 0.3) is 0 Å². The zero-order valence-electron chi connectivity index (χ0n) is 11.0. The number of amides is 1. The molecule has 5 nitrogen and oxygen atoms in total. The van der Waals surface area contributed by atoms with Crippen molar-refractivity contribution >= 4 is 6.09 Å². The van der Waals surface area contributed by atoms with Crippen molar-refractivity contribution in [3.05, 3.63) is 0 Å². The Morgan fingerprint density at radius 3 is 2.53 bits per heavy atom. The molecular weight excluding hydrogens is 220 g/mol. The molecule has 1 aliphatic heterocycles. The third-order valence-corrected chi connectivity index (χ3v) is 2.84. The van der Waals surface area contributed by atoms with Crippen molar-refractivity contribution in [3.63, 3.8) is 0 Å². The summed E-state index contributed by atoms with van der Waals surface area (Å²) in [5.41, 5.74) is -0.682. The molecule has 0 unspecified atom stereocenters. The summed E-state index contributed by atoms with van der Waals surface area (Å²) in [6.07, 6.45) is 1.61. The molecule has 0 aromatic heterocycles. The van der Waals surface area contributed by atoms with Crippen LogP contribution in [-0.2, 0) is 4.74 Å². The lowest BCUT2D eigenvalue weighted by Gasteiger charge is -2.33. The molecule has 2 N–H and O–H groups in total. The molecule has 0 atom stereocenters. The van der Waals surface area contributed by atoms with E-state index in [4.69, 9.17) is 4.74 Å². The predicted molar refractivity (Wildman–Crippen MR) is 65.9 cm³/mol. The van der Waals surface area contributed by atoms with Crippen LogP contribution in [0.15, 0.2) is 0 Å². The fourth-order valence-electron chi connectivity index (χ4n) is 1.88. The van der Waals surface area contributed by atoms with Crippen LogP contribution in [0.4, 0.5) is 4.79 Å². The van der Waals surface area contributed by atoms with E-state index >= 15 is 0 Å². The number of carbonyl (C=O) groups excluding carboxylic acids is 1. The van der Waals surface area contributed by atoms with Gasteiger partial charge in [0.1, 0.15) is 0 Å². The zero-order valence-corrected chi connectivity index (χ0v) is 11.0. The fraction of sp³-hybridized carbons (Fsp3) is 0.917. The summed E-state index contributed by atoms with van der Waals surface area (Å²) in [6.45, 7) is 7.84. The van der Waals surface area contributed by atoms with Gasteiger partial charge in [0, 0.05) is 25.7 Å². The standard InChI is InChI=1S/C12H24N2O3/c1-4-17-11(15)14-7-5-10(6-8-14)13-9-12(2,3)16/h10,13,16H,4-9H2,1-3H3. The van der Waals surface area contributed by atoms with Gasteiger partial charge in [-0.15, -0.1) is 0 Å². The number of ether oxygens (including phenoxy) is 1. The Balaban J connectivity index is 2.24. The maximum atomic E-state index is 11.5. The first-order valence-electron chi connectivity index (χ1n) is 6.30. The van der Waals surface area contributed by atoms with Crippen molar-refractivity contribution in [1.82, 2.24) is 10.2 Å². The molecule has 17 heavy (non-hydrogen) atoms. The summed E-state index contributed by atoms with van der Waals surface area (Å²) in [4.78, 5) is 13.2. The van der Waals surface area contributed by atoms with Crippen LogP contribution in [0.5, 0.6) is 0 Å². The monoisotopic (exact) mass is 244 g/mol. The molecule has 0 aliphatic carbocycles. The quantitative estimate of drug-likeness (QED) is 0.773. The van der Waals surface area contributed by atoms with E-state index in [9.17, 15) is 9.90 Å². The molecule has 0 spiro atoms. The Labute approximate surface area is 103 Å². The topological polar surface area (TPSA) is 61.8 Å². The molecule has 1 rings (SSSR count). The number of hydrogen-bond donors (Lipinski definition) is 2. The maximum Gasteiger partial charge on any atom is 0.409 e. The average Bonchev–Trinajstić information content (AvgIpc) is 2.26. The highest BCUT2D eigenvalue weighted by atomic mass is 16.6. The second kappa shape index (κ2) is 6.21. The number of carbonyl (C=O) groups is 1. The average molecular weight is 244 g/mol. The summed E-state index contributed by atoms with van der Waals surface area (Å²) < 4.78 is 4.96. The summed E-state index contributed by atoms with van der Waals surface area (Å²) in [6, 6.07) is 0.382. The summed E-state index contributed by atoms with van der Waals surface area (Å²) in [5.74, 6) is 0. The van der Waals surface area contributed by atoms with Crippen molar-refractivity contribution in [1.29, 1.82) is 0 Å². The highest BCUT2D eigenvalue weighted by molar-refractivity contribution is 5.67. The number of aliphatic hydroxyl groups is 1. The Morgan fingerprint density at radius 2 is 2.06 bits per heavy atom. The first-order chi connectivity index (χ1) is 7.92. The second-order valence-electron chi connectivity index (χ2n) is 5.15. The molecule has 1 fully saturated rings. The first-order valence-corrected chi connectivity index (χ1v) is 6.30. The van der Waals surface area contributed by atoms with Gasteiger partial charge >= 0.3 is 6.09 Å². The van der Waals surface area contributed by atoms with Crippen LogP contribution in [0.3, 0.4) is 0 Å². The van der Waals surface area contributed by atoms with Crippen LogP contribution in [0.2, 0.25) is 0 Å². The van der Waals surface area contributed by atoms with Crippen molar-refractivity contribution in [3.8, 4) is 0 Å². The maximum absolute atomic E-state index is 11.5. The van der Waals surface area contributed by atoms with Crippen LogP contribution in [-0.4, -0.2) is 54.0 Å². The predicted octanol–water partition coefficient (Wildman–Crippen LogP) is 0.968. The normalized spacial score (nSPS) is 18.2. The molecule has 1 amide bonds. The lowest BCUT2D eigenvalue weighted by Crippen LogP contribution is -2.48. The number of rotatable bonds is 4. The highest BCUT2D eigenvalue weighted by Crippen LogP contribution is 2.12. The van der Waals surface area contributed by atoms with Gasteiger partial charge in [-0.05, 0) is 33.6 Å². The summed E-state index contributed by atoms with van der Waals surface area (Å²) in [7, 11) is 0. The Morgan fingerprint density at radius 1 is 1.47 bits per heavy atom. The minimum Gasteiger partial charge on any atom is -0.450 e. The number of nitrogens with one attached hydrogen (secondary N) is 1. The van der Waals surface area contributed by atoms with Gasteiger partial charge in [-0.1, -0.05) is 0 Å². The van der Waals surface area contributed by atoms with Gasteiger partial charge in [-0.25, -0.2) is 4.79 Å². The van der Waals surface area contributed by atoms with E-state index in [1.165, 1.54) is 0 Å². The largest absolute Gasteiger partial charge is 0.450 e.